The van der Waals surface area contributed by atoms with Crippen LogP contribution in [0.2, 0.25) is 0 Å². The molecule has 2 fully saturated rings. The molecule has 0 bridgehead atoms. The van der Waals surface area contributed by atoms with E-state index in [1.54, 1.807) is 0 Å². The summed E-state index contributed by atoms with van der Waals surface area (Å²) in [5.74, 6) is -1.19. The number of rotatable bonds is 2. The second-order valence-corrected chi connectivity index (χ2v) is 6.41. The normalized spacial score (nSPS) is 21.0. The zero-order valence-corrected chi connectivity index (χ0v) is 13.2. The highest BCUT2D eigenvalue weighted by atomic mass is 16.5. The van der Waals surface area contributed by atoms with Gasteiger partial charge in [0.25, 0.3) is 5.91 Å². The number of ether oxygens (including phenoxy) is 1. The minimum Gasteiger partial charge on any atom is -0.477 e. The maximum atomic E-state index is 12.7. The van der Waals surface area contributed by atoms with Crippen LogP contribution < -0.4 is 0 Å². The number of pyridine rings is 1. The molecule has 1 saturated carbocycles. The molecule has 0 aromatic carbocycles. The van der Waals surface area contributed by atoms with Gasteiger partial charge in [-0.05, 0) is 25.0 Å². The third kappa shape index (κ3) is 3.52. The smallest absolute Gasteiger partial charge is 0.354 e. The molecular formula is C17H22N2O4. The van der Waals surface area contributed by atoms with Gasteiger partial charge < -0.3 is 14.7 Å². The van der Waals surface area contributed by atoms with Gasteiger partial charge in [0, 0.05) is 12.7 Å². The lowest BCUT2D eigenvalue weighted by molar-refractivity contribution is -0.107. The van der Waals surface area contributed by atoms with Gasteiger partial charge >= 0.3 is 5.97 Å². The number of carboxylic acids is 1. The van der Waals surface area contributed by atoms with Gasteiger partial charge in [-0.2, -0.15) is 0 Å². The zero-order chi connectivity index (χ0) is 16.3. The number of hydrogen-bond acceptors (Lipinski definition) is 4. The fraction of sp³-hybridized carbons (Fsp3) is 0.588. The van der Waals surface area contributed by atoms with E-state index in [4.69, 9.17) is 9.84 Å². The molecule has 124 valence electrons. The molecule has 1 spiro atoms. The van der Waals surface area contributed by atoms with E-state index in [0.717, 1.165) is 25.7 Å². The summed E-state index contributed by atoms with van der Waals surface area (Å²) < 4.78 is 6.07. The van der Waals surface area contributed by atoms with Crippen LogP contribution in [-0.2, 0) is 4.74 Å². The summed E-state index contributed by atoms with van der Waals surface area (Å²) in [6.45, 7) is 1.75. The lowest BCUT2D eigenvalue weighted by atomic mass is 9.92. The first kappa shape index (κ1) is 15.9. The number of nitrogens with zero attached hydrogens (tertiary/aromatic N) is 2. The number of carboxylic acid groups (broad SMARTS) is 1. The van der Waals surface area contributed by atoms with Crippen molar-refractivity contribution in [1.82, 2.24) is 9.88 Å². The second kappa shape index (κ2) is 6.66. The van der Waals surface area contributed by atoms with Gasteiger partial charge in [-0.15, -0.1) is 0 Å². The molecule has 2 aliphatic rings. The predicted molar refractivity (Wildman–Crippen MR) is 83.5 cm³/mol. The third-order valence-corrected chi connectivity index (χ3v) is 4.78. The van der Waals surface area contributed by atoms with Crippen molar-refractivity contribution in [3.8, 4) is 0 Å². The van der Waals surface area contributed by atoms with E-state index < -0.39 is 5.97 Å². The Morgan fingerprint density at radius 1 is 1.17 bits per heavy atom. The quantitative estimate of drug-likeness (QED) is 0.905. The Kier molecular flexibility index (Phi) is 4.61. The Balaban J connectivity index is 1.72. The number of hydrogen-bond donors (Lipinski definition) is 1. The van der Waals surface area contributed by atoms with E-state index in [2.05, 4.69) is 4.98 Å². The van der Waals surface area contributed by atoms with E-state index in [9.17, 15) is 9.59 Å². The Bertz CT molecular complexity index is 577. The molecule has 6 heteroatoms. The van der Waals surface area contributed by atoms with E-state index in [1.807, 2.05) is 4.90 Å². The number of carbonyl (C=O) groups is 2. The first-order valence-electron chi connectivity index (χ1n) is 8.22. The van der Waals surface area contributed by atoms with Crippen LogP contribution in [0.15, 0.2) is 18.3 Å². The third-order valence-electron chi connectivity index (χ3n) is 4.78. The van der Waals surface area contributed by atoms with Crippen LogP contribution in [0.4, 0.5) is 0 Å². The van der Waals surface area contributed by atoms with Gasteiger partial charge in [0.05, 0.1) is 24.3 Å². The van der Waals surface area contributed by atoms with Gasteiger partial charge in [0.1, 0.15) is 5.69 Å². The zero-order valence-electron chi connectivity index (χ0n) is 13.2. The molecule has 6 nitrogen and oxygen atoms in total. The molecule has 3 rings (SSSR count). The van der Waals surface area contributed by atoms with Gasteiger partial charge in [-0.3, -0.25) is 4.79 Å². The monoisotopic (exact) mass is 318 g/mol. The molecular weight excluding hydrogens is 296 g/mol. The van der Waals surface area contributed by atoms with Crippen LogP contribution in [0.1, 0.15) is 59.4 Å². The first-order valence-corrected chi connectivity index (χ1v) is 8.22. The largest absolute Gasteiger partial charge is 0.477 e. The Hall–Kier alpha value is -1.95. The highest BCUT2D eigenvalue weighted by Gasteiger charge is 2.38. The van der Waals surface area contributed by atoms with Gasteiger partial charge in [-0.1, -0.05) is 25.7 Å². The van der Waals surface area contributed by atoms with Crippen molar-refractivity contribution in [3.63, 3.8) is 0 Å². The average molecular weight is 318 g/mol. The van der Waals surface area contributed by atoms with Gasteiger partial charge in [-0.25, -0.2) is 9.78 Å². The molecule has 0 radical (unpaired) electrons. The number of aromatic nitrogens is 1. The van der Waals surface area contributed by atoms with Crippen LogP contribution >= 0.6 is 0 Å². The number of amides is 1. The second-order valence-electron chi connectivity index (χ2n) is 6.41. The summed E-state index contributed by atoms with van der Waals surface area (Å²) in [4.78, 5) is 29.2. The lowest BCUT2D eigenvalue weighted by Gasteiger charge is -2.42. The van der Waals surface area contributed by atoms with Crippen LogP contribution in [0.25, 0.3) is 0 Å². The molecule has 1 saturated heterocycles. The van der Waals surface area contributed by atoms with E-state index in [-0.39, 0.29) is 17.2 Å². The predicted octanol–water partition coefficient (Wildman–Crippen LogP) is 2.35. The molecule has 1 aliphatic heterocycles. The Labute approximate surface area is 135 Å². The molecule has 1 N–H and O–H groups in total. The summed E-state index contributed by atoms with van der Waals surface area (Å²) in [7, 11) is 0. The Morgan fingerprint density at radius 2 is 1.91 bits per heavy atom. The molecule has 23 heavy (non-hydrogen) atoms. The molecule has 1 aromatic heterocycles. The molecule has 1 aliphatic carbocycles. The Morgan fingerprint density at radius 3 is 2.52 bits per heavy atom. The molecule has 2 heterocycles. The van der Waals surface area contributed by atoms with Crippen molar-refractivity contribution in [2.24, 2.45) is 0 Å². The number of carbonyl (C=O) groups excluding carboxylic acids is 1. The molecule has 0 atom stereocenters. The van der Waals surface area contributed by atoms with Crippen molar-refractivity contribution >= 4 is 11.9 Å². The average Bonchev–Trinajstić information content (AvgIpc) is 2.80. The summed E-state index contributed by atoms with van der Waals surface area (Å²) >= 11 is 0. The lowest BCUT2D eigenvalue weighted by Crippen LogP contribution is -2.53. The summed E-state index contributed by atoms with van der Waals surface area (Å²) in [5, 5.41) is 8.88. The summed E-state index contributed by atoms with van der Waals surface area (Å²) in [6.07, 6.45) is 8.13. The van der Waals surface area contributed by atoms with Crippen molar-refractivity contribution in [1.29, 1.82) is 0 Å². The van der Waals surface area contributed by atoms with Crippen LogP contribution in [0.3, 0.4) is 0 Å². The van der Waals surface area contributed by atoms with Crippen molar-refractivity contribution in [3.05, 3.63) is 29.6 Å². The van der Waals surface area contributed by atoms with Crippen molar-refractivity contribution < 1.29 is 19.4 Å². The maximum absolute atomic E-state index is 12.7. The maximum Gasteiger partial charge on any atom is 0.354 e. The van der Waals surface area contributed by atoms with E-state index >= 15 is 0 Å². The van der Waals surface area contributed by atoms with Gasteiger partial charge in [0.15, 0.2) is 0 Å². The van der Waals surface area contributed by atoms with Crippen molar-refractivity contribution in [2.45, 2.75) is 44.1 Å². The van der Waals surface area contributed by atoms with E-state index in [0.29, 0.717) is 25.3 Å². The molecule has 0 unspecified atom stereocenters. The fourth-order valence-corrected chi connectivity index (χ4v) is 3.52. The van der Waals surface area contributed by atoms with Crippen LogP contribution in [0, 0.1) is 0 Å². The summed E-state index contributed by atoms with van der Waals surface area (Å²) in [6, 6.07) is 2.91. The standard InChI is InChI=1S/C17H22N2O4/c20-15(13-5-6-14(16(21)22)18-11-13)19-9-10-23-17(12-19)7-3-1-2-4-8-17/h5-6,11H,1-4,7-10,12H2,(H,21,22). The number of morpholine rings is 1. The highest BCUT2D eigenvalue weighted by Crippen LogP contribution is 2.33. The highest BCUT2D eigenvalue weighted by molar-refractivity contribution is 5.95. The van der Waals surface area contributed by atoms with E-state index in [1.165, 1.54) is 31.2 Å². The van der Waals surface area contributed by atoms with Crippen LogP contribution in [-0.4, -0.2) is 52.2 Å². The minimum atomic E-state index is -1.09. The van der Waals surface area contributed by atoms with Gasteiger partial charge in [0.2, 0.25) is 0 Å². The topological polar surface area (TPSA) is 79.7 Å². The SMILES string of the molecule is O=C(O)c1ccc(C(=O)N2CCOC3(CCCCCC3)C2)cn1. The number of aromatic carboxylic acids is 1. The molecule has 1 amide bonds. The van der Waals surface area contributed by atoms with Crippen LogP contribution in [0.5, 0.6) is 0 Å². The first-order chi connectivity index (χ1) is 11.1. The summed E-state index contributed by atoms with van der Waals surface area (Å²) in [5.41, 5.74) is 0.184. The fourth-order valence-electron chi connectivity index (χ4n) is 3.52. The molecule has 1 aromatic rings. The minimum absolute atomic E-state index is 0.0521. The van der Waals surface area contributed by atoms with Crippen molar-refractivity contribution in [2.75, 3.05) is 19.7 Å².